The second-order valence-corrected chi connectivity index (χ2v) is 2.97. The van der Waals surface area contributed by atoms with Crippen molar-refractivity contribution in [1.82, 2.24) is 4.90 Å². The fraction of sp³-hybridized carbons (Fsp3) is 0.750. The lowest BCUT2D eigenvalue weighted by Crippen LogP contribution is -2.51. The van der Waals surface area contributed by atoms with Crippen LogP contribution < -0.4 is 5.73 Å². The number of hydrogen-bond acceptors (Lipinski definition) is 4. The molecule has 0 aromatic carbocycles. The van der Waals surface area contributed by atoms with Crippen molar-refractivity contribution in [3.8, 4) is 0 Å². The van der Waals surface area contributed by atoms with Gasteiger partial charge in [0, 0.05) is 19.5 Å². The van der Waals surface area contributed by atoms with Crippen LogP contribution in [0.15, 0.2) is 0 Å². The van der Waals surface area contributed by atoms with Crippen molar-refractivity contribution in [2.45, 2.75) is 19.4 Å². The van der Waals surface area contributed by atoms with Crippen LogP contribution in [0.3, 0.4) is 0 Å². The standard InChI is InChI=1S/C8H14N2O3/c1-2-13-8(12)10-4-3-7(11)6(9)5-10/h6H,2-5,9H2,1H3. The van der Waals surface area contributed by atoms with Crippen LogP contribution in [0.1, 0.15) is 13.3 Å². The lowest BCUT2D eigenvalue weighted by molar-refractivity contribution is -0.122. The van der Waals surface area contributed by atoms with E-state index in [4.69, 9.17) is 10.5 Å². The fourth-order valence-electron chi connectivity index (χ4n) is 1.24. The second kappa shape index (κ2) is 4.23. The molecule has 74 valence electrons. The van der Waals surface area contributed by atoms with Crippen molar-refractivity contribution >= 4 is 11.9 Å². The van der Waals surface area contributed by atoms with E-state index >= 15 is 0 Å². The zero-order valence-corrected chi connectivity index (χ0v) is 7.66. The van der Waals surface area contributed by atoms with Crippen LogP contribution in [0.2, 0.25) is 0 Å². The number of piperidine rings is 1. The molecule has 0 spiro atoms. The minimum Gasteiger partial charge on any atom is -0.450 e. The van der Waals surface area contributed by atoms with E-state index in [2.05, 4.69) is 0 Å². The fourth-order valence-corrected chi connectivity index (χ4v) is 1.24. The molecule has 1 rings (SSSR count). The van der Waals surface area contributed by atoms with Gasteiger partial charge in [-0.25, -0.2) is 4.79 Å². The Morgan fingerprint density at radius 2 is 2.46 bits per heavy atom. The highest BCUT2D eigenvalue weighted by atomic mass is 16.6. The maximum absolute atomic E-state index is 11.2. The van der Waals surface area contributed by atoms with Gasteiger partial charge in [-0.2, -0.15) is 0 Å². The quantitative estimate of drug-likeness (QED) is 0.612. The SMILES string of the molecule is CCOC(=O)N1CCC(=O)C(N)C1. The van der Waals surface area contributed by atoms with Crippen molar-refractivity contribution in [1.29, 1.82) is 0 Å². The van der Waals surface area contributed by atoms with Gasteiger partial charge >= 0.3 is 6.09 Å². The number of rotatable bonds is 1. The highest BCUT2D eigenvalue weighted by Gasteiger charge is 2.27. The summed E-state index contributed by atoms with van der Waals surface area (Å²) >= 11 is 0. The van der Waals surface area contributed by atoms with Crippen LogP contribution in [0, 0.1) is 0 Å². The topological polar surface area (TPSA) is 72.6 Å². The lowest BCUT2D eigenvalue weighted by atomic mass is 10.1. The molecule has 2 N–H and O–H groups in total. The van der Waals surface area contributed by atoms with E-state index in [0.29, 0.717) is 19.6 Å². The van der Waals surface area contributed by atoms with Crippen LogP contribution in [-0.4, -0.2) is 42.5 Å². The summed E-state index contributed by atoms with van der Waals surface area (Å²) in [5, 5.41) is 0. The number of ketones is 1. The molecule has 1 saturated heterocycles. The molecule has 5 nitrogen and oxygen atoms in total. The molecule has 1 amide bonds. The molecular weight excluding hydrogens is 172 g/mol. The molecule has 0 aromatic heterocycles. The first-order chi connectivity index (χ1) is 6.15. The molecule has 1 unspecified atom stereocenters. The maximum atomic E-state index is 11.2. The van der Waals surface area contributed by atoms with Gasteiger partial charge in [0.2, 0.25) is 0 Å². The van der Waals surface area contributed by atoms with Crippen molar-refractivity contribution in [3.05, 3.63) is 0 Å². The zero-order valence-electron chi connectivity index (χ0n) is 7.66. The maximum Gasteiger partial charge on any atom is 0.409 e. The van der Waals surface area contributed by atoms with E-state index in [1.807, 2.05) is 0 Å². The summed E-state index contributed by atoms with van der Waals surface area (Å²) in [7, 11) is 0. The van der Waals surface area contributed by atoms with Gasteiger partial charge in [0.1, 0.15) is 0 Å². The normalized spacial score (nSPS) is 23.1. The Morgan fingerprint density at radius 1 is 1.77 bits per heavy atom. The van der Waals surface area contributed by atoms with Gasteiger partial charge in [0.05, 0.1) is 12.6 Å². The van der Waals surface area contributed by atoms with Crippen molar-refractivity contribution < 1.29 is 14.3 Å². The predicted octanol–water partition coefficient (Wildman–Crippen LogP) is -0.255. The molecule has 1 aliphatic heterocycles. The molecule has 0 aliphatic carbocycles. The predicted molar refractivity (Wildman–Crippen MR) is 46.2 cm³/mol. The largest absolute Gasteiger partial charge is 0.450 e. The van der Waals surface area contributed by atoms with Gasteiger partial charge in [-0.1, -0.05) is 0 Å². The third-order valence-electron chi connectivity index (χ3n) is 1.98. The van der Waals surface area contributed by atoms with Gasteiger partial charge < -0.3 is 15.4 Å². The van der Waals surface area contributed by atoms with Gasteiger partial charge in [0.15, 0.2) is 5.78 Å². The number of ether oxygens (including phenoxy) is 1. The second-order valence-electron chi connectivity index (χ2n) is 2.97. The molecule has 1 fully saturated rings. The Balaban J connectivity index is 2.45. The van der Waals surface area contributed by atoms with Crippen LogP contribution in [-0.2, 0) is 9.53 Å². The first kappa shape index (κ1) is 9.98. The number of amides is 1. The van der Waals surface area contributed by atoms with Gasteiger partial charge in [-0.3, -0.25) is 4.79 Å². The number of nitrogens with two attached hydrogens (primary N) is 1. The lowest BCUT2D eigenvalue weighted by Gasteiger charge is -2.28. The Morgan fingerprint density at radius 3 is 3.00 bits per heavy atom. The summed E-state index contributed by atoms with van der Waals surface area (Å²) in [4.78, 5) is 23.7. The van der Waals surface area contributed by atoms with Crippen LogP contribution in [0.5, 0.6) is 0 Å². The van der Waals surface area contributed by atoms with E-state index in [-0.39, 0.29) is 18.4 Å². The van der Waals surface area contributed by atoms with Crippen molar-refractivity contribution in [2.75, 3.05) is 19.7 Å². The first-order valence-electron chi connectivity index (χ1n) is 4.35. The average Bonchev–Trinajstić information content (AvgIpc) is 2.10. The van der Waals surface area contributed by atoms with Gasteiger partial charge in [0.25, 0.3) is 0 Å². The molecular formula is C8H14N2O3. The third-order valence-corrected chi connectivity index (χ3v) is 1.98. The van der Waals surface area contributed by atoms with Crippen molar-refractivity contribution in [2.24, 2.45) is 5.73 Å². The number of Topliss-reactive ketones (excluding diaryl/α,β-unsaturated/α-hetero) is 1. The molecule has 0 bridgehead atoms. The average molecular weight is 186 g/mol. The summed E-state index contributed by atoms with van der Waals surface area (Å²) in [6.07, 6.45) is -0.0505. The van der Waals surface area contributed by atoms with E-state index in [0.717, 1.165) is 0 Å². The number of nitrogens with zero attached hydrogens (tertiary/aromatic N) is 1. The first-order valence-corrected chi connectivity index (χ1v) is 4.35. The minimum atomic E-state index is -0.543. The third kappa shape index (κ3) is 2.42. The summed E-state index contributed by atoms with van der Waals surface area (Å²) in [6.45, 7) is 2.79. The number of carbonyl (C=O) groups excluding carboxylic acids is 2. The van der Waals surface area contributed by atoms with E-state index < -0.39 is 6.04 Å². The van der Waals surface area contributed by atoms with Gasteiger partial charge in [-0.15, -0.1) is 0 Å². The number of carbonyl (C=O) groups is 2. The molecule has 5 heteroatoms. The molecule has 1 heterocycles. The smallest absolute Gasteiger partial charge is 0.409 e. The molecule has 1 atom stereocenters. The Hall–Kier alpha value is -1.10. The van der Waals surface area contributed by atoms with Crippen LogP contribution in [0.25, 0.3) is 0 Å². The van der Waals surface area contributed by atoms with Crippen LogP contribution >= 0.6 is 0 Å². The summed E-state index contributed by atoms with van der Waals surface area (Å²) < 4.78 is 4.79. The number of likely N-dealkylation sites (tertiary alicyclic amines) is 1. The highest BCUT2D eigenvalue weighted by Crippen LogP contribution is 2.06. The molecule has 0 radical (unpaired) electrons. The monoisotopic (exact) mass is 186 g/mol. The zero-order chi connectivity index (χ0) is 9.84. The summed E-state index contributed by atoms with van der Waals surface area (Å²) in [6, 6.07) is -0.543. The minimum absolute atomic E-state index is 0.0144. The molecule has 0 saturated carbocycles. The van der Waals surface area contributed by atoms with E-state index in [9.17, 15) is 9.59 Å². The van der Waals surface area contributed by atoms with E-state index in [1.165, 1.54) is 4.90 Å². The Kier molecular flexibility index (Phi) is 3.25. The molecule has 13 heavy (non-hydrogen) atoms. The van der Waals surface area contributed by atoms with E-state index in [1.54, 1.807) is 6.92 Å². The van der Waals surface area contributed by atoms with Gasteiger partial charge in [-0.05, 0) is 6.92 Å². The molecule has 1 aliphatic rings. The Labute approximate surface area is 76.8 Å². The Bertz CT molecular complexity index is 217. The summed E-state index contributed by atoms with van der Waals surface area (Å²) in [5.74, 6) is 0.0144. The van der Waals surface area contributed by atoms with Crippen LogP contribution in [0.4, 0.5) is 4.79 Å². The molecule has 0 aromatic rings. The number of hydrogen-bond donors (Lipinski definition) is 1. The summed E-state index contributed by atoms with van der Waals surface area (Å²) in [5.41, 5.74) is 5.50. The highest BCUT2D eigenvalue weighted by molar-refractivity contribution is 5.86. The van der Waals surface area contributed by atoms with Crippen molar-refractivity contribution in [3.63, 3.8) is 0 Å².